The zero-order valence-electron chi connectivity index (χ0n) is 15.5. The van der Waals surface area contributed by atoms with E-state index in [0.717, 1.165) is 11.3 Å². The Labute approximate surface area is 153 Å². The van der Waals surface area contributed by atoms with Gasteiger partial charge in [0.25, 0.3) is 0 Å². The summed E-state index contributed by atoms with van der Waals surface area (Å²) in [7, 11) is 4.67. The van der Waals surface area contributed by atoms with Crippen LogP contribution >= 0.6 is 0 Å². The van der Waals surface area contributed by atoms with Gasteiger partial charge in [0, 0.05) is 17.2 Å². The van der Waals surface area contributed by atoms with Gasteiger partial charge in [-0.1, -0.05) is 0 Å². The molecule has 2 rings (SSSR count). The highest BCUT2D eigenvalue weighted by atomic mass is 16.5. The van der Waals surface area contributed by atoms with E-state index in [1.165, 1.54) is 0 Å². The van der Waals surface area contributed by atoms with E-state index in [4.69, 9.17) is 30.5 Å². The molecule has 0 aliphatic rings. The highest BCUT2D eigenvalue weighted by Crippen LogP contribution is 2.39. The molecule has 0 aliphatic heterocycles. The van der Waals surface area contributed by atoms with Crippen LogP contribution in [0.2, 0.25) is 0 Å². The standard InChI is InChI=1S/C19H25N3O4/c1-5-26-13-8-6-12(7-9-13)18(22-21)17(20)15-10-14(23-2)11-16(24-3)19(15)25-4/h6-11,22H,5,20-21H2,1-4H3/b18-17-. The summed E-state index contributed by atoms with van der Waals surface area (Å²) >= 11 is 0. The van der Waals surface area contributed by atoms with Gasteiger partial charge >= 0.3 is 0 Å². The predicted molar refractivity (Wildman–Crippen MR) is 102 cm³/mol. The van der Waals surface area contributed by atoms with E-state index in [0.29, 0.717) is 40.8 Å². The van der Waals surface area contributed by atoms with Crippen molar-refractivity contribution in [2.75, 3.05) is 27.9 Å². The molecular formula is C19H25N3O4. The van der Waals surface area contributed by atoms with Crippen molar-refractivity contribution in [3.63, 3.8) is 0 Å². The van der Waals surface area contributed by atoms with Crippen LogP contribution in [0.25, 0.3) is 11.4 Å². The average molecular weight is 359 g/mol. The van der Waals surface area contributed by atoms with E-state index < -0.39 is 0 Å². The molecule has 0 aromatic heterocycles. The second-order valence-electron chi connectivity index (χ2n) is 5.30. The van der Waals surface area contributed by atoms with Gasteiger partial charge in [-0.25, -0.2) is 0 Å². The SMILES string of the molecule is CCOc1ccc(/C(NN)=C(/N)c2cc(OC)cc(OC)c2OC)cc1. The zero-order chi connectivity index (χ0) is 19.1. The molecule has 0 saturated heterocycles. The van der Waals surface area contributed by atoms with Crippen LogP contribution in [0.3, 0.4) is 0 Å². The monoisotopic (exact) mass is 359 g/mol. The first-order valence-corrected chi connectivity index (χ1v) is 8.09. The summed E-state index contributed by atoms with van der Waals surface area (Å²) in [5, 5.41) is 0. The minimum atomic E-state index is 0.394. The van der Waals surface area contributed by atoms with Gasteiger partial charge in [-0.05, 0) is 37.3 Å². The van der Waals surface area contributed by atoms with Gasteiger partial charge in [0.2, 0.25) is 0 Å². The van der Waals surface area contributed by atoms with Gasteiger partial charge in [-0.3, -0.25) is 5.84 Å². The third-order valence-corrected chi connectivity index (χ3v) is 3.85. The maximum absolute atomic E-state index is 6.42. The molecule has 0 unspecified atom stereocenters. The van der Waals surface area contributed by atoms with Crippen molar-refractivity contribution in [1.29, 1.82) is 0 Å². The van der Waals surface area contributed by atoms with Crippen molar-refractivity contribution in [1.82, 2.24) is 5.43 Å². The van der Waals surface area contributed by atoms with Crippen LogP contribution in [0.15, 0.2) is 36.4 Å². The Bertz CT molecular complexity index is 773. The minimum absolute atomic E-state index is 0.394. The number of hydrogen-bond donors (Lipinski definition) is 3. The number of ether oxygens (including phenoxy) is 4. The molecule has 2 aromatic rings. The molecule has 0 spiro atoms. The molecule has 0 radical (unpaired) electrons. The molecule has 26 heavy (non-hydrogen) atoms. The third-order valence-electron chi connectivity index (χ3n) is 3.85. The number of methoxy groups -OCH3 is 3. The van der Waals surface area contributed by atoms with Crippen LogP contribution in [-0.4, -0.2) is 27.9 Å². The van der Waals surface area contributed by atoms with Gasteiger partial charge < -0.3 is 30.1 Å². The summed E-state index contributed by atoms with van der Waals surface area (Å²) < 4.78 is 21.7. The highest BCUT2D eigenvalue weighted by Gasteiger charge is 2.18. The quantitative estimate of drug-likeness (QED) is 0.378. The molecule has 0 amide bonds. The van der Waals surface area contributed by atoms with Gasteiger partial charge in [0.15, 0.2) is 11.5 Å². The van der Waals surface area contributed by atoms with Crippen molar-refractivity contribution < 1.29 is 18.9 Å². The van der Waals surface area contributed by atoms with Gasteiger partial charge in [-0.15, -0.1) is 0 Å². The van der Waals surface area contributed by atoms with Crippen LogP contribution in [-0.2, 0) is 0 Å². The summed E-state index contributed by atoms with van der Waals surface area (Å²) in [6.45, 7) is 2.53. The van der Waals surface area contributed by atoms with Crippen LogP contribution < -0.4 is 35.9 Å². The Morgan fingerprint density at radius 2 is 1.65 bits per heavy atom. The molecule has 5 N–H and O–H groups in total. The fourth-order valence-electron chi connectivity index (χ4n) is 2.59. The topological polar surface area (TPSA) is 101 Å². The number of nitrogens with one attached hydrogen (secondary N) is 1. The minimum Gasteiger partial charge on any atom is -0.497 e. The second-order valence-corrected chi connectivity index (χ2v) is 5.30. The Hall–Kier alpha value is -3.06. The van der Waals surface area contributed by atoms with E-state index in [1.807, 2.05) is 31.2 Å². The number of hydrogen-bond acceptors (Lipinski definition) is 7. The first-order chi connectivity index (χ1) is 12.6. The van der Waals surface area contributed by atoms with Gasteiger partial charge in [-0.2, -0.15) is 0 Å². The molecule has 2 aromatic carbocycles. The molecule has 0 heterocycles. The lowest BCUT2D eigenvalue weighted by molar-refractivity contribution is 0.340. The van der Waals surface area contributed by atoms with Crippen molar-refractivity contribution in [3.8, 4) is 23.0 Å². The summed E-state index contributed by atoms with van der Waals surface area (Å²) in [6.07, 6.45) is 0. The maximum atomic E-state index is 6.42. The zero-order valence-corrected chi connectivity index (χ0v) is 15.5. The van der Waals surface area contributed by atoms with Crippen molar-refractivity contribution in [2.24, 2.45) is 11.6 Å². The average Bonchev–Trinajstić information content (AvgIpc) is 2.68. The Morgan fingerprint density at radius 3 is 2.15 bits per heavy atom. The third kappa shape index (κ3) is 3.94. The smallest absolute Gasteiger partial charge is 0.170 e. The molecule has 0 bridgehead atoms. The first-order valence-electron chi connectivity index (χ1n) is 8.09. The van der Waals surface area contributed by atoms with Crippen molar-refractivity contribution in [3.05, 3.63) is 47.5 Å². The van der Waals surface area contributed by atoms with Crippen LogP contribution in [0.5, 0.6) is 23.0 Å². The summed E-state index contributed by atoms with van der Waals surface area (Å²) in [5.74, 6) is 8.10. The highest BCUT2D eigenvalue weighted by molar-refractivity contribution is 5.91. The second kappa shape index (κ2) is 8.87. The summed E-state index contributed by atoms with van der Waals surface area (Å²) in [4.78, 5) is 0. The molecule has 0 aliphatic carbocycles. The van der Waals surface area contributed by atoms with Crippen LogP contribution in [0, 0.1) is 0 Å². The lowest BCUT2D eigenvalue weighted by atomic mass is 10.0. The Kier molecular flexibility index (Phi) is 6.57. The first kappa shape index (κ1) is 19.3. The fourth-order valence-corrected chi connectivity index (χ4v) is 2.59. The molecule has 140 valence electrons. The van der Waals surface area contributed by atoms with E-state index >= 15 is 0 Å². The molecular weight excluding hydrogens is 334 g/mol. The molecule has 0 fully saturated rings. The van der Waals surface area contributed by atoms with Crippen molar-refractivity contribution in [2.45, 2.75) is 6.92 Å². The number of rotatable bonds is 8. The maximum Gasteiger partial charge on any atom is 0.170 e. The Morgan fingerprint density at radius 1 is 0.962 bits per heavy atom. The summed E-state index contributed by atoms with van der Waals surface area (Å²) in [5.41, 5.74) is 11.4. The van der Waals surface area contributed by atoms with E-state index in [1.54, 1.807) is 33.5 Å². The fraction of sp³-hybridized carbons (Fsp3) is 0.263. The molecule has 0 saturated carbocycles. The van der Waals surface area contributed by atoms with Crippen molar-refractivity contribution >= 4 is 11.4 Å². The summed E-state index contributed by atoms with van der Waals surface area (Å²) in [6, 6.07) is 10.9. The predicted octanol–water partition coefficient (Wildman–Crippen LogP) is 2.36. The van der Waals surface area contributed by atoms with E-state index in [2.05, 4.69) is 5.43 Å². The molecule has 0 atom stereocenters. The molecule has 7 nitrogen and oxygen atoms in total. The largest absolute Gasteiger partial charge is 0.497 e. The van der Waals surface area contributed by atoms with Crippen LogP contribution in [0.4, 0.5) is 0 Å². The van der Waals surface area contributed by atoms with E-state index in [9.17, 15) is 0 Å². The van der Waals surface area contributed by atoms with E-state index in [-0.39, 0.29) is 0 Å². The van der Waals surface area contributed by atoms with Crippen LogP contribution in [0.1, 0.15) is 18.1 Å². The van der Waals surface area contributed by atoms with Gasteiger partial charge in [0.05, 0.1) is 39.3 Å². The lowest BCUT2D eigenvalue weighted by Crippen LogP contribution is -2.23. The number of benzene rings is 2. The Balaban J connectivity index is 2.59. The lowest BCUT2D eigenvalue weighted by Gasteiger charge is -2.18. The number of hydrazine groups is 1. The van der Waals surface area contributed by atoms with Gasteiger partial charge in [0.1, 0.15) is 11.5 Å². The number of nitrogens with two attached hydrogens (primary N) is 2. The normalized spacial score (nSPS) is 11.4. The molecule has 7 heteroatoms.